The number of aromatic nitrogens is 1. The first-order valence-electron chi connectivity index (χ1n) is 9.99. The number of thiocarbonyl (C=S) groups is 1. The molecule has 5 heteroatoms. The van der Waals surface area contributed by atoms with Crippen molar-refractivity contribution in [2.45, 2.75) is 58.9 Å². The zero-order valence-electron chi connectivity index (χ0n) is 16.7. The van der Waals surface area contributed by atoms with E-state index in [1.54, 1.807) is 0 Å². The van der Waals surface area contributed by atoms with Crippen molar-refractivity contribution in [3.8, 4) is 5.69 Å². The van der Waals surface area contributed by atoms with Gasteiger partial charge in [-0.3, -0.25) is 9.69 Å². The minimum Gasteiger partial charge on any atom is -0.318 e. The van der Waals surface area contributed by atoms with E-state index >= 15 is 0 Å². The first-order valence-corrected chi connectivity index (χ1v) is 11.2. The number of carbonyl (C=O) groups is 1. The van der Waals surface area contributed by atoms with Crippen molar-refractivity contribution in [1.82, 2.24) is 9.47 Å². The van der Waals surface area contributed by atoms with Crippen molar-refractivity contribution < 1.29 is 4.79 Å². The van der Waals surface area contributed by atoms with Gasteiger partial charge in [-0.05, 0) is 63.5 Å². The van der Waals surface area contributed by atoms with Gasteiger partial charge in [-0.25, -0.2) is 0 Å². The lowest BCUT2D eigenvalue weighted by Crippen LogP contribution is -2.39. The molecule has 1 amide bonds. The molecule has 2 heterocycles. The van der Waals surface area contributed by atoms with Crippen LogP contribution in [0.2, 0.25) is 0 Å². The monoisotopic (exact) mass is 410 g/mol. The highest BCUT2D eigenvalue weighted by atomic mass is 32.2. The topological polar surface area (TPSA) is 25.2 Å². The molecule has 1 aromatic heterocycles. The van der Waals surface area contributed by atoms with Crippen LogP contribution in [-0.4, -0.2) is 25.7 Å². The van der Waals surface area contributed by atoms with Crippen LogP contribution >= 0.6 is 24.0 Å². The van der Waals surface area contributed by atoms with Crippen LogP contribution in [0, 0.1) is 20.8 Å². The van der Waals surface area contributed by atoms with Gasteiger partial charge in [0.1, 0.15) is 4.32 Å². The molecule has 28 heavy (non-hydrogen) atoms. The van der Waals surface area contributed by atoms with Gasteiger partial charge in [-0.2, -0.15) is 0 Å². The molecule has 0 spiro atoms. The second kappa shape index (κ2) is 7.88. The zero-order valence-corrected chi connectivity index (χ0v) is 18.3. The number of hydrogen-bond donors (Lipinski definition) is 0. The fourth-order valence-electron chi connectivity index (χ4n) is 4.30. The highest BCUT2D eigenvalue weighted by Gasteiger charge is 2.37. The maximum absolute atomic E-state index is 13.1. The van der Waals surface area contributed by atoms with Crippen LogP contribution in [0.25, 0.3) is 11.8 Å². The normalized spacial score (nSPS) is 19.8. The van der Waals surface area contributed by atoms with Crippen molar-refractivity contribution >= 4 is 40.3 Å². The molecule has 0 atom stereocenters. The molecule has 0 N–H and O–H groups in total. The highest BCUT2D eigenvalue weighted by molar-refractivity contribution is 8.26. The van der Waals surface area contributed by atoms with E-state index < -0.39 is 0 Å². The number of rotatable bonds is 3. The Balaban J connectivity index is 1.64. The molecule has 1 aromatic carbocycles. The van der Waals surface area contributed by atoms with Crippen LogP contribution in [0.15, 0.2) is 35.2 Å². The lowest BCUT2D eigenvalue weighted by Gasteiger charge is -2.29. The van der Waals surface area contributed by atoms with E-state index in [4.69, 9.17) is 12.2 Å². The molecule has 1 aliphatic carbocycles. The van der Waals surface area contributed by atoms with Crippen molar-refractivity contribution in [2.75, 3.05) is 0 Å². The van der Waals surface area contributed by atoms with Gasteiger partial charge in [-0.1, -0.05) is 60.9 Å². The highest BCUT2D eigenvalue weighted by Crippen LogP contribution is 2.38. The second-order valence-electron chi connectivity index (χ2n) is 7.84. The summed E-state index contributed by atoms with van der Waals surface area (Å²) >= 11 is 7.02. The molecule has 0 radical (unpaired) electrons. The lowest BCUT2D eigenvalue weighted by molar-refractivity contribution is -0.124. The first-order chi connectivity index (χ1) is 13.5. The number of benzene rings is 1. The quantitative estimate of drug-likeness (QED) is 0.463. The van der Waals surface area contributed by atoms with Gasteiger partial charge in [0.25, 0.3) is 5.91 Å². The Hall–Kier alpha value is -1.85. The fraction of sp³-hybridized carbons (Fsp3) is 0.391. The molecule has 3 nitrogen and oxygen atoms in total. The Kier molecular flexibility index (Phi) is 5.48. The third-order valence-corrected chi connectivity index (χ3v) is 7.14. The third kappa shape index (κ3) is 3.58. The van der Waals surface area contributed by atoms with Gasteiger partial charge in [-0.15, -0.1) is 0 Å². The summed E-state index contributed by atoms with van der Waals surface area (Å²) in [6.45, 7) is 6.32. The summed E-state index contributed by atoms with van der Waals surface area (Å²) in [5.41, 5.74) is 5.79. The predicted octanol–water partition coefficient (Wildman–Crippen LogP) is 5.94. The molecular formula is C23H26N2OS2. The Morgan fingerprint density at radius 3 is 2.43 bits per heavy atom. The van der Waals surface area contributed by atoms with Crippen molar-refractivity contribution in [2.24, 2.45) is 0 Å². The zero-order chi connectivity index (χ0) is 19.8. The van der Waals surface area contributed by atoms with Crippen LogP contribution in [-0.2, 0) is 4.79 Å². The van der Waals surface area contributed by atoms with Crippen molar-refractivity contribution in [3.05, 3.63) is 57.8 Å². The number of carbonyl (C=O) groups excluding carboxylic acids is 1. The van der Waals surface area contributed by atoms with Gasteiger partial charge in [0.15, 0.2) is 0 Å². The summed E-state index contributed by atoms with van der Waals surface area (Å²) in [5, 5.41) is 0. The SMILES string of the molecule is Cc1ccc(-n2c(C)cc(/C=C3/SC(=S)N(C4CCCCC4)C3=O)c2C)cc1. The van der Waals surface area contributed by atoms with Gasteiger partial charge in [0, 0.05) is 23.1 Å². The fourth-order valence-corrected chi connectivity index (χ4v) is 5.69. The summed E-state index contributed by atoms with van der Waals surface area (Å²) in [4.78, 5) is 15.7. The predicted molar refractivity (Wildman–Crippen MR) is 122 cm³/mol. The minimum atomic E-state index is 0.0852. The van der Waals surface area contributed by atoms with E-state index in [1.165, 1.54) is 36.6 Å². The van der Waals surface area contributed by atoms with E-state index in [0.717, 1.165) is 44.7 Å². The van der Waals surface area contributed by atoms with Crippen LogP contribution in [0.5, 0.6) is 0 Å². The molecule has 1 aliphatic heterocycles. The maximum Gasteiger partial charge on any atom is 0.266 e. The Morgan fingerprint density at radius 1 is 1.07 bits per heavy atom. The second-order valence-corrected chi connectivity index (χ2v) is 9.52. The molecule has 0 unspecified atom stereocenters. The molecule has 1 saturated heterocycles. The molecule has 0 bridgehead atoms. The number of hydrogen-bond acceptors (Lipinski definition) is 3. The van der Waals surface area contributed by atoms with Crippen LogP contribution in [0.3, 0.4) is 0 Å². The summed E-state index contributed by atoms with van der Waals surface area (Å²) < 4.78 is 2.96. The average Bonchev–Trinajstić information content (AvgIpc) is 3.12. The summed E-state index contributed by atoms with van der Waals surface area (Å²) in [6.07, 6.45) is 7.82. The Morgan fingerprint density at radius 2 is 1.75 bits per heavy atom. The maximum atomic E-state index is 13.1. The number of amides is 1. The smallest absolute Gasteiger partial charge is 0.266 e. The molecular weight excluding hydrogens is 384 g/mol. The number of nitrogens with zero attached hydrogens (tertiary/aromatic N) is 2. The van der Waals surface area contributed by atoms with E-state index in [9.17, 15) is 4.79 Å². The van der Waals surface area contributed by atoms with Crippen molar-refractivity contribution in [3.63, 3.8) is 0 Å². The third-order valence-electron chi connectivity index (χ3n) is 5.81. The standard InChI is InChI=1S/C23H26N2OS2/c1-15-9-11-20(12-10-15)24-16(2)13-18(17(24)3)14-21-22(26)25(23(27)28-21)19-7-5-4-6-8-19/h9-14,19H,4-8H2,1-3H3/b21-14+. The Bertz CT molecular complexity index is 950. The molecule has 1 saturated carbocycles. The Labute approximate surface area is 176 Å². The average molecular weight is 411 g/mol. The van der Waals surface area contributed by atoms with Crippen LogP contribution in [0.1, 0.15) is 54.6 Å². The summed E-state index contributed by atoms with van der Waals surface area (Å²) in [7, 11) is 0. The lowest BCUT2D eigenvalue weighted by atomic mass is 9.94. The van der Waals surface area contributed by atoms with Gasteiger partial charge in [0.05, 0.1) is 4.91 Å². The van der Waals surface area contributed by atoms with E-state index in [-0.39, 0.29) is 11.9 Å². The molecule has 2 aromatic rings. The largest absolute Gasteiger partial charge is 0.318 e. The van der Waals surface area contributed by atoms with Gasteiger partial charge >= 0.3 is 0 Å². The number of aryl methyl sites for hydroxylation is 2. The first kappa shape index (κ1) is 19.5. The van der Waals surface area contributed by atoms with E-state index in [0.29, 0.717) is 0 Å². The molecule has 4 rings (SSSR count). The number of thioether (sulfide) groups is 1. The molecule has 2 fully saturated rings. The van der Waals surface area contributed by atoms with Crippen LogP contribution in [0.4, 0.5) is 0 Å². The van der Waals surface area contributed by atoms with Gasteiger partial charge < -0.3 is 4.57 Å². The van der Waals surface area contributed by atoms with Crippen LogP contribution < -0.4 is 0 Å². The molecule has 2 aliphatic rings. The summed E-state index contributed by atoms with van der Waals surface area (Å²) in [5.74, 6) is 0.0852. The van der Waals surface area contributed by atoms with Gasteiger partial charge in [0.2, 0.25) is 0 Å². The minimum absolute atomic E-state index is 0.0852. The van der Waals surface area contributed by atoms with E-state index in [1.807, 2.05) is 11.0 Å². The van der Waals surface area contributed by atoms with Crippen molar-refractivity contribution in [1.29, 1.82) is 0 Å². The molecule has 146 valence electrons. The summed E-state index contributed by atoms with van der Waals surface area (Å²) in [6, 6.07) is 11.0. The van der Waals surface area contributed by atoms with E-state index in [2.05, 4.69) is 55.7 Å².